The molecule has 1 aromatic heterocycles. The molecule has 0 spiro atoms. The first-order valence-electron chi connectivity index (χ1n) is 11.1. The molecule has 0 aliphatic rings. The lowest BCUT2D eigenvalue weighted by Crippen LogP contribution is -2.26. The number of carboxylic acid groups (broad SMARTS) is 1. The number of methoxy groups -OCH3 is 2. The minimum atomic E-state index is -1.01. The Morgan fingerprint density at radius 2 is 1.85 bits per heavy atom. The number of pyridine rings is 1. The highest BCUT2D eigenvalue weighted by Gasteiger charge is 2.20. The summed E-state index contributed by atoms with van der Waals surface area (Å²) in [5.74, 6) is 1.40. The number of aliphatic carboxylic acids is 1. The zero-order valence-electron chi connectivity index (χ0n) is 20.2. The average molecular weight is 470 g/mol. The van der Waals surface area contributed by atoms with Crippen molar-refractivity contribution in [2.24, 2.45) is 0 Å². The Balaban J connectivity index is 1.91. The number of hydrogen-bond donors (Lipinski definition) is 1. The topological polar surface area (TPSA) is 96.3 Å². The third-order valence-electron chi connectivity index (χ3n) is 5.13. The Morgan fingerprint density at radius 1 is 1.06 bits per heavy atom. The van der Waals surface area contributed by atoms with Crippen LogP contribution in [0.15, 0.2) is 42.6 Å². The Hall–Kier alpha value is -3.52. The Kier molecular flexibility index (Phi) is 8.54. The summed E-state index contributed by atoms with van der Waals surface area (Å²) in [5.41, 5.74) is 2.31. The number of fused-ring (bicyclic) bond motifs is 1. The number of aromatic nitrogens is 1. The van der Waals surface area contributed by atoms with Crippen molar-refractivity contribution in [3.63, 3.8) is 0 Å². The van der Waals surface area contributed by atoms with Gasteiger partial charge in [-0.2, -0.15) is 0 Å². The van der Waals surface area contributed by atoms with Crippen molar-refractivity contribution in [3.05, 3.63) is 53.7 Å². The minimum absolute atomic E-state index is 0.0556. The highest BCUT2D eigenvalue weighted by Crippen LogP contribution is 2.34. The van der Waals surface area contributed by atoms with Crippen LogP contribution in [0.5, 0.6) is 23.0 Å². The molecule has 0 radical (unpaired) electrons. The van der Waals surface area contributed by atoms with Crippen molar-refractivity contribution in [2.75, 3.05) is 20.8 Å². The van der Waals surface area contributed by atoms with Gasteiger partial charge in [0, 0.05) is 24.6 Å². The van der Waals surface area contributed by atoms with E-state index in [1.165, 1.54) is 0 Å². The number of benzene rings is 2. The van der Waals surface area contributed by atoms with Gasteiger partial charge in [-0.3, -0.25) is 4.98 Å². The molecule has 3 aromatic rings. The maximum Gasteiger partial charge on any atom is 0.333 e. The molecule has 0 saturated heterocycles. The van der Waals surface area contributed by atoms with Crippen LogP contribution in [0.25, 0.3) is 10.9 Å². The molecule has 0 aliphatic carbocycles. The Bertz CT molecular complexity index is 1130. The van der Waals surface area contributed by atoms with E-state index in [0.717, 1.165) is 22.0 Å². The average Bonchev–Trinajstić information content (AvgIpc) is 2.82. The van der Waals surface area contributed by atoms with E-state index in [4.69, 9.17) is 23.7 Å². The van der Waals surface area contributed by atoms with Gasteiger partial charge >= 0.3 is 5.97 Å². The molecule has 1 unspecified atom stereocenters. The number of nitrogens with zero attached hydrogens (tertiary/aromatic N) is 1. The van der Waals surface area contributed by atoms with E-state index < -0.39 is 12.1 Å². The zero-order chi connectivity index (χ0) is 24.7. The van der Waals surface area contributed by atoms with Crippen LogP contribution in [-0.4, -0.2) is 49.1 Å². The molecule has 0 fully saturated rings. The number of rotatable bonds is 12. The van der Waals surface area contributed by atoms with Gasteiger partial charge in [0.2, 0.25) is 0 Å². The second kappa shape index (κ2) is 11.6. The van der Waals surface area contributed by atoms with Crippen molar-refractivity contribution in [1.29, 1.82) is 0 Å². The van der Waals surface area contributed by atoms with Crippen molar-refractivity contribution in [1.82, 2.24) is 4.98 Å². The van der Waals surface area contributed by atoms with Gasteiger partial charge in [0.15, 0.2) is 17.6 Å². The highest BCUT2D eigenvalue weighted by atomic mass is 16.5. The molecule has 8 nitrogen and oxygen atoms in total. The molecule has 1 atom stereocenters. The molecule has 1 heterocycles. The van der Waals surface area contributed by atoms with Crippen LogP contribution in [0.3, 0.4) is 0 Å². The van der Waals surface area contributed by atoms with E-state index in [-0.39, 0.29) is 19.1 Å². The maximum atomic E-state index is 11.5. The summed E-state index contributed by atoms with van der Waals surface area (Å²) in [4.78, 5) is 16.0. The second-order valence-corrected chi connectivity index (χ2v) is 7.92. The number of carboxylic acids is 1. The lowest BCUT2D eigenvalue weighted by molar-refractivity contribution is -0.149. The van der Waals surface area contributed by atoms with E-state index in [1.807, 2.05) is 32.0 Å². The predicted octanol–water partition coefficient (Wildman–Crippen LogP) is 4.65. The van der Waals surface area contributed by atoms with E-state index in [0.29, 0.717) is 29.6 Å². The largest absolute Gasteiger partial charge is 0.497 e. The maximum absolute atomic E-state index is 11.5. The molecule has 182 valence electrons. The minimum Gasteiger partial charge on any atom is -0.497 e. The van der Waals surface area contributed by atoms with Crippen LogP contribution in [-0.2, 0) is 22.6 Å². The van der Waals surface area contributed by atoms with Gasteiger partial charge in [0.1, 0.15) is 18.1 Å². The summed E-state index contributed by atoms with van der Waals surface area (Å²) in [7, 11) is 3.17. The van der Waals surface area contributed by atoms with Crippen LogP contribution in [0.4, 0.5) is 0 Å². The lowest BCUT2D eigenvalue weighted by atomic mass is 10.1. The first-order chi connectivity index (χ1) is 16.4. The van der Waals surface area contributed by atoms with Crippen molar-refractivity contribution in [2.45, 2.75) is 46.0 Å². The molecule has 3 rings (SSSR count). The molecule has 34 heavy (non-hydrogen) atoms. The van der Waals surface area contributed by atoms with Gasteiger partial charge in [-0.25, -0.2) is 4.79 Å². The van der Waals surface area contributed by atoms with Crippen molar-refractivity contribution in [3.8, 4) is 23.0 Å². The fourth-order valence-corrected chi connectivity index (χ4v) is 3.54. The fraction of sp³-hybridized carbons (Fsp3) is 0.385. The fourth-order valence-electron chi connectivity index (χ4n) is 3.54. The molecule has 2 aromatic carbocycles. The summed E-state index contributed by atoms with van der Waals surface area (Å²) in [6.07, 6.45) is 0.956. The van der Waals surface area contributed by atoms with E-state index >= 15 is 0 Å². The summed E-state index contributed by atoms with van der Waals surface area (Å²) in [5, 5.41) is 10.2. The van der Waals surface area contributed by atoms with Crippen LogP contribution in [0, 0.1) is 0 Å². The summed E-state index contributed by atoms with van der Waals surface area (Å²) in [6.45, 7) is 6.18. The summed E-state index contributed by atoms with van der Waals surface area (Å²) in [6, 6.07) is 11.0. The summed E-state index contributed by atoms with van der Waals surface area (Å²) >= 11 is 0. The van der Waals surface area contributed by atoms with Gasteiger partial charge < -0.3 is 28.8 Å². The van der Waals surface area contributed by atoms with E-state index in [9.17, 15) is 9.90 Å². The standard InChI is InChI=1S/C26H31NO7/c1-6-32-24(26(28)29)12-17-7-10-22(31-5)23(11-17)33-15-18-14-27-21-9-8-19(30-4)13-20(21)25(18)34-16(2)3/h7-11,13-14,16,24H,6,12,15H2,1-5H3,(H,28,29). The van der Waals surface area contributed by atoms with Gasteiger partial charge in [-0.15, -0.1) is 0 Å². The normalized spacial score (nSPS) is 11.9. The number of carbonyl (C=O) groups is 1. The van der Waals surface area contributed by atoms with Crippen molar-refractivity contribution < 1.29 is 33.6 Å². The highest BCUT2D eigenvalue weighted by molar-refractivity contribution is 5.87. The third-order valence-corrected chi connectivity index (χ3v) is 5.13. The smallest absolute Gasteiger partial charge is 0.333 e. The Morgan fingerprint density at radius 3 is 2.50 bits per heavy atom. The van der Waals surface area contributed by atoms with Crippen LogP contribution < -0.4 is 18.9 Å². The predicted molar refractivity (Wildman–Crippen MR) is 128 cm³/mol. The van der Waals surface area contributed by atoms with E-state index in [2.05, 4.69) is 4.98 Å². The van der Waals surface area contributed by atoms with Gasteiger partial charge in [-0.1, -0.05) is 6.07 Å². The monoisotopic (exact) mass is 469 g/mol. The molecule has 0 aliphatic heterocycles. The van der Waals surface area contributed by atoms with Gasteiger partial charge in [-0.05, 0) is 56.7 Å². The molecule has 0 amide bonds. The quantitative estimate of drug-likeness (QED) is 0.409. The van der Waals surface area contributed by atoms with Crippen LogP contribution in [0.1, 0.15) is 31.9 Å². The van der Waals surface area contributed by atoms with Crippen LogP contribution >= 0.6 is 0 Å². The molecular weight excluding hydrogens is 438 g/mol. The molecule has 0 bridgehead atoms. The first kappa shape index (κ1) is 25.1. The molecule has 1 N–H and O–H groups in total. The number of ether oxygens (including phenoxy) is 5. The van der Waals surface area contributed by atoms with E-state index in [1.54, 1.807) is 45.5 Å². The molecular formula is C26H31NO7. The zero-order valence-corrected chi connectivity index (χ0v) is 20.2. The third kappa shape index (κ3) is 6.08. The SMILES string of the molecule is CCOC(Cc1ccc(OC)c(OCc2cnc3ccc(OC)cc3c2OC(C)C)c1)C(=O)O. The second-order valence-electron chi connectivity index (χ2n) is 7.92. The lowest BCUT2D eigenvalue weighted by Gasteiger charge is -2.18. The summed E-state index contributed by atoms with van der Waals surface area (Å²) < 4.78 is 28.4. The number of hydrogen-bond acceptors (Lipinski definition) is 7. The van der Waals surface area contributed by atoms with Gasteiger partial charge in [0.05, 0.1) is 31.4 Å². The van der Waals surface area contributed by atoms with Crippen molar-refractivity contribution >= 4 is 16.9 Å². The molecule has 8 heteroatoms. The van der Waals surface area contributed by atoms with Gasteiger partial charge in [0.25, 0.3) is 0 Å². The molecule has 0 saturated carbocycles. The first-order valence-corrected chi connectivity index (χ1v) is 11.1. The Labute approximate surface area is 199 Å². The van der Waals surface area contributed by atoms with Crippen LogP contribution in [0.2, 0.25) is 0 Å².